The summed E-state index contributed by atoms with van der Waals surface area (Å²) in [5.74, 6) is 0.237. The van der Waals surface area contributed by atoms with Crippen LogP contribution < -0.4 is 4.90 Å². The summed E-state index contributed by atoms with van der Waals surface area (Å²) in [6.07, 6.45) is 3.01. The number of carbonyl (C=O) groups is 2. The van der Waals surface area contributed by atoms with Gasteiger partial charge in [-0.1, -0.05) is 0 Å². The van der Waals surface area contributed by atoms with E-state index in [1.165, 1.54) is 0 Å². The summed E-state index contributed by atoms with van der Waals surface area (Å²) in [7, 11) is 0. The fourth-order valence-electron chi connectivity index (χ4n) is 3.10. The van der Waals surface area contributed by atoms with Crippen LogP contribution in [-0.4, -0.2) is 36.3 Å². The maximum Gasteiger partial charge on any atom is 0.253 e. The highest BCUT2D eigenvalue weighted by atomic mass is 16.2. The van der Waals surface area contributed by atoms with Gasteiger partial charge in [0.25, 0.3) is 5.91 Å². The van der Waals surface area contributed by atoms with Crippen LogP contribution in [-0.2, 0) is 4.79 Å². The summed E-state index contributed by atoms with van der Waals surface area (Å²) in [6.45, 7) is 2.04. The van der Waals surface area contributed by atoms with Crippen LogP contribution in [0.4, 0.5) is 5.69 Å². The fraction of sp³-hybridized carbons (Fsp3) is 0.471. The number of amides is 2. The Kier molecular flexibility index (Phi) is 4.10. The first-order chi connectivity index (χ1) is 10.7. The number of likely N-dealkylation sites (tertiary alicyclic amines) is 1. The van der Waals surface area contributed by atoms with Crippen molar-refractivity contribution in [3.63, 3.8) is 0 Å². The van der Waals surface area contributed by atoms with Gasteiger partial charge in [-0.25, -0.2) is 0 Å². The van der Waals surface area contributed by atoms with Gasteiger partial charge in [-0.3, -0.25) is 9.59 Å². The fourth-order valence-corrected chi connectivity index (χ4v) is 3.10. The topological polar surface area (TPSA) is 64.4 Å². The van der Waals surface area contributed by atoms with Gasteiger partial charge in [-0.05, 0) is 43.5 Å². The lowest BCUT2D eigenvalue weighted by molar-refractivity contribution is -0.117. The second kappa shape index (κ2) is 6.18. The Hall–Kier alpha value is -2.35. The van der Waals surface area contributed by atoms with Gasteiger partial charge in [-0.2, -0.15) is 5.26 Å². The van der Waals surface area contributed by atoms with Crippen LogP contribution >= 0.6 is 0 Å². The van der Waals surface area contributed by atoms with Gasteiger partial charge >= 0.3 is 0 Å². The molecule has 0 radical (unpaired) electrons. The van der Waals surface area contributed by atoms with Crippen molar-refractivity contribution in [1.29, 1.82) is 5.26 Å². The molecule has 114 valence electrons. The van der Waals surface area contributed by atoms with E-state index in [0.717, 1.165) is 31.5 Å². The Balaban J connectivity index is 1.66. The molecule has 2 amide bonds. The van der Waals surface area contributed by atoms with Crippen LogP contribution in [0.3, 0.4) is 0 Å². The summed E-state index contributed by atoms with van der Waals surface area (Å²) in [6, 6.07) is 9.54. The highest BCUT2D eigenvalue weighted by molar-refractivity contribution is 5.97. The van der Waals surface area contributed by atoms with Crippen molar-refractivity contribution >= 4 is 17.5 Å². The average Bonchev–Trinajstić information content (AvgIpc) is 3.00. The maximum atomic E-state index is 12.5. The first-order valence-corrected chi connectivity index (χ1v) is 7.78. The lowest BCUT2D eigenvalue weighted by Crippen LogP contribution is -2.38. The average molecular weight is 297 g/mol. The Labute approximate surface area is 130 Å². The second-order valence-electron chi connectivity index (χ2n) is 5.89. The molecule has 1 aromatic rings. The van der Waals surface area contributed by atoms with Gasteiger partial charge in [0.2, 0.25) is 5.91 Å². The summed E-state index contributed by atoms with van der Waals surface area (Å²) in [4.78, 5) is 27.8. The van der Waals surface area contributed by atoms with Crippen LogP contribution in [0.15, 0.2) is 24.3 Å². The van der Waals surface area contributed by atoms with Gasteiger partial charge in [-0.15, -0.1) is 0 Å². The van der Waals surface area contributed by atoms with Crippen molar-refractivity contribution in [3.8, 4) is 6.07 Å². The molecule has 2 aliphatic heterocycles. The molecule has 0 atom stereocenters. The molecule has 2 fully saturated rings. The minimum atomic E-state index is 0.00990. The van der Waals surface area contributed by atoms with Crippen molar-refractivity contribution in [3.05, 3.63) is 29.8 Å². The van der Waals surface area contributed by atoms with E-state index in [2.05, 4.69) is 6.07 Å². The van der Waals surface area contributed by atoms with E-state index in [-0.39, 0.29) is 17.7 Å². The molecule has 2 aliphatic rings. The predicted octanol–water partition coefficient (Wildman–Crippen LogP) is 2.19. The van der Waals surface area contributed by atoms with Crippen LogP contribution in [0.1, 0.15) is 36.0 Å². The molecular weight excluding hydrogens is 278 g/mol. The minimum Gasteiger partial charge on any atom is -0.339 e. The summed E-state index contributed by atoms with van der Waals surface area (Å²) < 4.78 is 0. The van der Waals surface area contributed by atoms with E-state index in [1.807, 2.05) is 17.0 Å². The first-order valence-electron chi connectivity index (χ1n) is 7.78. The first kappa shape index (κ1) is 14.6. The summed E-state index contributed by atoms with van der Waals surface area (Å²) in [5, 5.41) is 8.90. The molecule has 3 rings (SSSR count). The van der Waals surface area contributed by atoms with E-state index < -0.39 is 0 Å². The lowest BCUT2D eigenvalue weighted by Gasteiger charge is -2.29. The number of nitriles is 1. The van der Waals surface area contributed by atoms with Gasteiger partial charge in [0.15, 0.2) is 0 Å². The van der Waals surface area contributed by atoms with Crippen LogP contribution in [0, 0.1) is 17.2 Å². The molecule has 5 nitrogen and oxygen atoms in total. The van der Waals surface area contributed by atoms with Crippen molar-refractivity contribution in [2.75, 3.05) is 24.5 Å². The second-order valence-corrected chi connectivity index (χ2v) is 5.89. The molecule has 0 unspecified atom stereocenters. The summed E-state index contributed by atoms with van der Waals surface area (Å²) >= 11 is 0. The molecule has 0 saturated carbocycles. The number of hydrogen-bond acceptors (Lipinski definition) is 3. The Morgan fingerprint density at radius 2 is 1.82 bits per heavy atom. The van der Waals surface area contributed by atoms with Crippen molar-refractivity contribution in [2.45, 2.75) is 25.7 Å². The van der Waals surface area contributed by atoms with E-state index in [0.29, 0.717) is 25.1 Å². The number of anilines is 1. The third-order valence-corrected chi connectivity index (χ3v) is 4.46. The van der Waals surface area contributed by atoms with E-state index in [4.69, 9.17) is 5.26 Å². The van der Waals surface area contributed by atoms with Crippen LogP contribution in [0.5, 0.6) is 0 Å². The van der Waals surface area contributed by atoms with Gasteiger partial charge in [0, 0.05) is 43.2 Å². The van der Waals surface area contributed by atoms with Crippen molar-refractivity contribution in [2.24, 2.45) is 5.92 Å². The molecule has 0 N–H and O–H groups in total. The summed E-state index contributed by atoms with van der Waals surface area (Å²) in [5.41, 5.74) is 1.51. The lowest BCUT2D eigenvalue weighted by atomic mass is 9.98. The number of benzene rings is 1. The van der Waals surface area contributed by atoms with Gasteiger partial charge in [0.05, 0.1) is 6.07 Å². The highest BCUT2D eigenvalue weighted by Crippen LogP contribution is 2.23. The molecule has 1 aromatic carbocycles. The molecule has 2 heterocycles. The normalized spacial score (nSPS) is 19.3. The van der Waals surface area contributed by atoms with Gasteiger partial charge < -0.3 is 9.80 Å². The zero-order chi connectivity index (χ0) is 15.5. The van der Waals surface area contributed by atoms with Crippen molar-refractivity contribution in [1.82, 2.24) is 4.90 Å². The van der Waals surface area contributed by atoms with Crippen molar-refractivity contribution < 1.29 is 9.59 Å². The molecule has 22 heavy (non-hydrogen) atoms. The number of hydrogen-bond donors (Lipinski definition) is 0. The Morgan fingerprint density at radius 3 is 2.36 bits per heavy atom. The van der Waals surface area contributed by atoms with Crippen LogP contribution in [0.25, 0.3) is 0 Å². The number of nitrogens with zero attached hydrogens (tertiary/aromatic N) is 3. The smallest absolute Gasteiger partial charge is 0.253 e. The van der Waals surface area contributed by atoms with E-state index in [9.17, 15) is 9.59 Å². The maximum absolute atomic E-state index is 12.5. The monoisotopic (exact) mass is 297 g/mol. The van der Waals surface area contributed by atoms with E-state index in [1.54, 1.807) is 17.0 Å². The number of rotatable bonds is 2. The van der Waals surface area contributed by atoms with Gasteiger partial charge in [0.1, 0.15) is 0 Å². The molecular formula is C17H19N3O2. The quantitative estimate of drug-likeness (QED) is 0.840. The Bertz CT molecular complexity index is 610. The molecule has 5 heteroatoms. The molecule has 0 aliphatic carbocycles. The predicted molar refractivity (Wildman–Crippen MR) is 82.3 cm³/mol. The molecule has 0 bridgehead atoms. The van der Waals surface area contributed by atoms with Crippen LogP contribution in [0.2, 0.25) is 0 Å². The molecule has 2 saturated heterocycles. The molecule has 0 spiro atoms. The largest absolute Gasteiger partial charge is 0.339 e. The third-order valence-electron chi connectivity index (χ3n) is 4.46. The Morgan fingerprint density at radius 1 is 1.14 bits per heavy atom. The minimum absolute atomic E-state index is 0.00990. The standard InChI is InChI=1S/C17H19N3O2/c18-12-13-7-10-19(11-8-13)17(22)14-3-5-15(6-4-14)20-9-1-2-16(20)21/h3-6,13H,1-2,7-11H2. The van der Waals surface area contributed by atoms with E-state index >= 15 is 0 Å². The SMILES string of the molecule is N#CC1CCN(C(=O)c2ccc(N3CCCC3=O)cc2)CC1. The zero-order valence-electron chi connectivity index (χ0n) is 12.5. The molecule has 0 aromatic heterocycles. The number of piperidine rings is 1. The zero-order valence-corrected chi connectivity index (χ0v) is 12.5. The number of carbonyl (C=O) groups excluding carboxylic acids is 2. The third kappa shape index (κ3) is 2.82. The highest BCUT2D eigenvalue weighted by Gasteiger charge is 2.24.